The van der Waals surface area contributed by atoms with Crippen LogP contribution in [-0.2, 0) is 9.53 Å². The van der Waals surface area contributed by atoms with Crippen molar-refractivity contribution >= 4 is 11.7 Å². The maximum atomic E-state index is 11.0. The first-order chi connectivity index (χ1) is 8.04. The lowest BCUT2D eigenvalue weighted by Gasteiger charge is -1.97. The van der Waals surface area contributed by atoms with Gasteiger partial charge >= 0.3 is 5.97 Å². The van der Waals surface area contributed by atoms with Crippen LogP contribution in [0.3, 0.4) is 0 Å². The standard InChI is InChI=1S/C12H11NO4/c1-3-17-12(14)7-5-10-4-6-11(13(15)16)9(2)8-10/h4,6,8H,3H2,1-2H3. The minimum absolute atomic E-state index is 0.0340. The van der Waals surface area contributed by atoms with Gasteiger partial charge in [-0.2, -0.15) is 0 Å². The van der Waals surface area contributed by atoms with E-state index < -0.39 is 10.9 Å². The smallest absolute Gasteiger partial charge is 0.384 e. The number of rotatable bonds is 2. The van der Waals surface area contributed by atoms with Crippen LogP contribution in [0, 0.1) is 28.9 Å². The van der Waals surface area contributed by atoms with Crippen molar-refractivity contribution in [1.82, 2.24) is 0 Å². The van der Waals surface area contributed by atoms with Crippen LogP contribution < -0.4 is 0 Å². The van der Waals surface area contributed by atoms with E-state index in [9.17, 15) is 14.9 Å². The van der Waals surface area contributed by atoms with Crippen molar-refractivity contribution in [3.63, 3.8) is 0 Å². The summed E-state index contributed by atoms with van der Waals surface area (Å²) in [6.07, 6.45) is 0. The summed E-state index contributed by atoms with van der Waals surface area (Å²) in [7, 11) is 0. The lowest BCUT2D eigenvalue weighted by molar-refractivity contribution is -0.385. The normalized spacial score (nSPS) is 9.06. The molecule has 0 aliphatic rings. The second-order valence-corrected chi connectivity index (χ2v) is 3.23. The molecule has 0 N–H and O–H groups in total. The molecule has 0 fully saturated rings. The van der Waals surface area contributed by atoms with Gasteiger partial charge in [0.25, 0.3) is 5.69 Å². The summed E-state index contributed by atoms with van der Waals surface area (Å²) in [6.45, 7) is 3.58. The first kappa shape index (κ1) is 12.7. The molecule has 0 spiro atoms. The molecule has 1 aromatic rings. The Hall–Kier alpha value is -2.35. The highest BCUT2D eigenvalue weighted by atomic mass is 16.6. The maximum absolute atomic E-state index is 11.0. The van der Waals surface area contributed by atoms with Crippen LogP contribution in [0.2, 0.25) is 0 Å². The lowest BCUT2D eigenvalue weighted by atomic mass is 10.1. The van der Waals surface area contributed by atoms with Gasteiger partial charge in [-0.25, -0.2) is 4.79 Å². The third-order valence-corrected chi connectivity index (χ3v) is 1.98. The van der Waals surface area contributed by atoms with E-state index >= 15 is 0 Å². The zero-order chi connectivity index (χ0) is 12.8. The van der Waals surface area contributed by atoms with Gasteiger partial charge in [0.2, 0.25) is 0 Å². The molecule has 0 saturated heterocycles. The van der Waals surface area contributed by atoms with Gasteiger partial charge in [-0.1, -0.05) is 5.92 Å². The Bertz CT molecular complexity index is 511. The molecule has 0 aliphatic carbocycles. The molecule has 0 saturated carbocycles. The molecule has 0 unspecified atom stereocenters. The van der Waals surface area contributed by atoms with Crippen molar-refractivity contribution in [2.45, 2.75) is 13.8 Å². The van der Waals surface area contributed by atoms with E-state index in [0.29, 0.717) is 11.1 Å². The second-order valence-electron chi connectivity index (χ2n) is 3.23. The molecule has 0 amide bonds. The number of carbonyl (C=O) groups is 1. The lowest BCUT2D eigenvalue weighted by Crippen LogP contribution is -1.99. The Balaban J connectivity index is 2.91. The molecule has 1 aromatic carbocycles. The van der Waals surface area contributed by atoms with E-state index in [1.807, 2.05) is 0 Å². The summed E-state index contributed by atoms with van der Waals surface area (Å²) in [4.78, 5) is 21.1. The van der Waals surface area contributed by atoms with Gasteiger partial charge in [-0.05, 0) is 26.0 Å². The van der Waals surface area contributed by atoms with Gasteiger partial charge in [0.15, 0.2) is 0 Å². The molecule has 88 valence electrons. The highest BCUT2D eigenvalue weighted by Gasteiger charge is 2.09. The van der Waals surface area contributed by atoms with Gasteiger partial charge < -0.3 is 4.74 Å². The average molecular weight is 233 g/mol. The number of hydrogen-bond acceptors (Lipinski definition) is 4. The number of nitrogens with zero attached hydrogens (tertiary/aromatic N) is 1. The molecule has 1 rings (SSSR count). The van der Waals surface area contributed by atoms with Crippen molar-refractivity contribution in [3.05, 3.63) is 39.4 Å². The molecule has 17 heavy (non-hydrogen) atoms. The number of benzene rings is 1. The maximum Gasteiger partial charge on any atom is 0.384 e. The van der Waals surface area contributed by atoms with Crippen molar-refractivity contribution in [2.24, 2.45) is 0 Å². The third-order valence-electron chi connectivity index (χ3n) is 1.98. The van der Waals surface area contributed by atoms with Crippen molar-refractivity contribution in [1.29, 1.82) is 0 Å². The Kier molecular flexibility index (Phi) is 4.23. The minimum atomic E-state index is -0.608. The van der Waals surface area contributed by atoms with Gasteiger partial charge in [0.1, 0.15) is 0 Å². The predicted octanol–water partition coefficient (Wildman–Crippen LogP) is 1.82. The van der Waals surface area contributed by atoms with Crippen LogP contribution in [-0.4, -0.2) is 17.5 Å². The van der Waals surface area contributed by atoms with E-state index in [1.54, 1.807) is 19.9 Å². The summed E-state index contributed by atoms with van der Waals surface area (Å²) in [5.41, 5.74) is 1.08. The molecule has 5 heteroatoms. The van der Waals surface area contributed by atoms with Crippen LogP contribution in [0.15, 0.2) is 18.2 Å². The first-order valence-electron chi connectivity index (χ1n) is 4.98. The fourth-order valence-electron chi connectivity index (χ4n) is 1.23. The SMILES string of the molecule is CCOC(=O)C#Cc1ccc([N+](=O)[O-])c(C)c1. The fraction of sp³-hybridized carbons (Fsp3) is 0.250. The summed E-state index contributed by atoms with van der Waals surface area (Å²) in [5.74, 6) is 4.28. The number of nitro groups is 1. The molecule has 0 aromatic heterocycles. The average Bonchev–Trinajstić information content (AvgIpc) is 2.26. The Labute approximate surface area is 98.5 Å². The molecule has 0 radical (unpaired) electrons. The quantitative estimate of drug-likeness (QED) is 0.338. The Morgan fingerprint density at radius 1 is 1.53 bits per heavy atom. The Morgan fingerprint density at radius 2 is 2.24 bits per heavy atom. The number of carbonyl (C=O) groups excluding carboxylic acids is 1. The van der Waals surface area contributed by atoms with E-state index in [0.717, 1.165) is 0 Å². The number of aryl methyl sites for hydroxylation is 1. The van der Waals surface area contributed by atoms with E-state index in [4.69, 9.17) is 0 Å². The van der Waals surface area contributed by atoms with E-state index in [-0.39, 0.29) is 12.3 Å². The highest BCUT2D eigenvalue weighted by molar-refractivity contribution is 5.89. The van der Waals surface area contributed by atoms with E-state index in [2.05, 4.69) is 16.6 Å². The Morgan fingerprint density at radius 3 is 2.76 bits per heavy atom. The molecular formula is C12H11NO4. The molecular weight excluding hydrogens is 222 g/mol. The number of hydrogen-bond donors (Lipinski definition) is 0. The van der Waals surface area contributed by atoms with Crippen molar-refractivity contribution < 1.29 is 14.5 Å². The zero-order valence-corrected chi connectivity index (χ0v) is 9.52. The summed E-state index contributed by atoms with van der Waals surface area (Å²) >= 11 is 0. The summed E-state index contributed by atoms with van der Waals surface area (Å²) in [6, 6.07) is 4.42. The first-order valence-corrected chi connectivity index (χ1v) is 4.98. The van der Waals surface area contributed by atoms with Crippen molar-refractivity contribution in [3.8, 4) is 11.8 Å². The van der Waals surface area contributed by atoms with Gasteiger partial charge in [0, 0.05) is 23.1 Å². The zero-order valence-electron chi connectivity index (χ0n) is 9.52. The number of ether oxygens (including phenoxy) is 1. The summed E-state index contributed by atoms with van der Waals surface area (Å²) in [5, 5.41) is 10.6. The second kappa shape index (κ2) is 5.66. The fourth-order valence-corrected chi connectivity index (χ4v) is 1.23. The van der Waals surface area contributed by atoms with Crippen LogP contribution in [0.5, 0.6) is 0 Å². The largest absolute Gasteiger partial charge is 0.456 e. The number of nitro benzene ring substituents is 1. The van der Waals surface area contributed by atoms with Crippen LogP contribution in [0.25, 0.3) is 0 Å². The van der Waals surface area contributed by atoms with Gasteiger partial charge in [0.05, 0.1) is 11.5 Å². The van der Waals surface area contributed by atoms with Gasteiger partial charge in [-0.3, -0.25) is 10.1 Å². The number of esters is 1. The predicted molar refractivity (Wildman–Crippen MR) is 61.3 cm³/mol. The van der Waals surface area contributed by atoms with Gasteiger partial charge in [-0.15, -0.1) is 0 Å². The van der Waals surface area contributed by atoms with Crippen LogP contribution in [0.4, 0.5) is 5.69 Å². The highest BCUT2D eigenvalue weighted by Crippen LogP contribution is 2.18. The topological polar surface area (TPSA) is 69.4 Å². The molecule has 0 aliphatic heterocycles. The molecule has 0 bridgehead atoms. The molecule has 0 heterocycles. The minimum Gasteiger partial charge on any atom is -0.456 e. The van der Waals surface area contributed by atoms with Crippen LogP contribution in [0.1, 0.15) is 18.1 Å². The molecule has 5 nitrogen and oxygen atoms in total. The molecule has 0 atom stereocenters. The van der Waals surface area contributed by atoms with E-state index in [1.165, 1.54) is 12.1 Å². The monoisotopic (exact) mass is 233 g/mol. The third kappa shape index (κ3) is 3.61. The summed E-state index contributed by atoms with van der Waals surface area (Å²) < 4.78 is 4.64. The van der Waals surface area contributed by atoms with Crippen molar-refractivity contribution in [2.75, 3.05) is 6.61 Å². The van der Waals surface area contributed by atoms with Crippen LogP contribution >= 0.6 is 0 Å².